The van der Waals surface area contributed by atoms with Gasteiger partial charge in [0.2, 0.25) is 5.91 Å². The summed E-state index contributed by atoms with van der Waals surface area (Å²) in [5.41, 5.74) is 0.636. The first-order valence-electron chi connectivity index (χ1n) is 8.05. The van der Waals surface area contributed by atoms with Crippen LogP contribution in [-0.4, -0.2) is 43.0 Å². The van der Waals surface area contributed by atoms with Crippen LogP contribution in [0.25, 0.3) is 0 Å². The van der Waals surface area contributed by atoms with Crippen LogP contribution >= 0.6 is 0 Å². The smallest absolute Gasteiger partial charge is 0.238 e. The maximum atomic E-state index is 12.9. The van der Waals surface area contributed by atoms with Gasteiger partial charge in [-0.05, 0) is 70.0 Å². The summed E-state index contributed by atoms with van der Waals surface area (Å²) >= 11 is 0. The Morgan fingerprint density at radius 1 is 1.32 bits per heavy atom. The molecular formula is C17H26FN3O. The van der Waals surface area contributed by atoms with Gasteiger partial charge in [0.05, 0.1) is 6.54 Å². The summed E-state index contributed by atoms with van der Waals surface area (Å²) in [5.74, 6) is 0.309. The molecule has 0 aromatic heterocycles. The molecule has 0 spiro atoms. The highest BCUT2D eigenvalue weighted by Gasteiger charge is 2.20. The van der Waals surface area contributed by atoms with Crippen molar-refractivity contribution in [1.82, 2.24) is 10.2 Å². The van der Waals surface area contributed by atoms with Gasteiger partial charge in [-0.2, -0.15) is 0 Å². The van der Waals surface area contributed by atoms with E-state index in [0.29, 0.717) is 24.2 Å². The molecule has 22 heavy (non-hydrogen) atoms. The molecule has 4 nitrogen and oxygen atoms in total. The van der Waals surface area contributed by atoms with Crippen molar-refractivity contribution in [2.24, 2.45) is 5.92 Å². The van der Waals surface area contributed by atoms with Crippen LogP contribution in [-0.2, 0) is 4.79 Å². The highest BCUT2D eigenvalue weighted by Crippen LogP contribution is 2.15. The highest BCUT2D eigenvalue weighted by atomic mass is 19.1. The van der Waals surface area contributed by atoms with Crippen molar-refractivity contribution in [3.8, 4) is 0 Å². The van der Waals surface area contributed by atoms with Crippen LogP contribution in [0.5, 0.6) is 0 Å². The lowest BCUT2D eigenvalue weighted by Gasteiger charge is -2.32. The van der Waals surface area contributed by atoms with Crippen molar-refractivity contribution in [1.29, 1.82) is 0 Å². The number of halogens is 1. The topological polar surface area (TPSA) is 44.4 Å². The Labute approximate surface area is 132 Å². The second-order valence-electron chi connectivity index (χ2n) is 6.27. The molecule has 1 aromatic rings. The quantitative estimate of drug-likeness (QED) is 0.848. The molecule has 0 unspecified atom stereocenters. The van der Waals surface area contributed by atoms with Crippen LogP contribution in [0.1, 0.15) is 26.7 Å². The zero-order valence-electron chi connectivity index (χ0n) is 13.4. The van der Waals surface area contributed by atoms with Crippen LogP contribution < -0.4 is 10.6 Å². The van der Waals surface area contributed by atoms with Crippen LogP contribution in [0.15, 0.2) is 24.3 Å². The third-order valence-electron chi connectivity index (χ3n) is 4.16. The number of amides is 1. The fraction of sp³-hybridized carbons (Fsp3) is 0.588. The first-order chi connectivity index (χ1) is 10.5. The van der Waals surface area contributed by atoms with Gasteiger partial charge >= 0.3 is 0 Å². The lowest BCUT2D eigenvalue weighted by molar-refractivity contribution is -0.117. The van der Waals surface area contributed by atoms with Crippen molar-refractivity contribution in [3.05, 3.63) is 30.1 Å². The molecule has 0 saturated carbocycles. The molecule has 122 valence electrons. The van der Waals surface area contributed by atoms with E-state index in [1.165, 1.54) is 25.0 Å². The summed E-state index contributed by atoms with van der Waals surface area (Å²) in [6, 6.07) is 6.20. The van der Waals surface area contributed by atoms with Crippen LogP contribution in [0.3, 0.4) is 0 Å². The van der Waals surface area contributed by atoms with Gasteiger partial charge in [-0.15, -0.1) is 0 Å². The number of nitrogens with zero attached hydrogens (tertiary/aromatic N) is 1. The molecule has 1 heterocycles. The van der Waals surface area contributed by atoms with Gasteiger partial charge in [-0.1, -0.05) is 0 Å². The van der Waals surface area contributed by atoms with Gasteiger partial charge in [0.25, 0.3) is 0 Å². The molecule has 2 rings (SSSR count). The van der Waals surface area contributed by atoms with E-state index in [-0.39, 0.29) is 11.7 Å². The molecule has 0 radical (unpaired) electrons. The molecule has 0 aliphatic carbocycles. The number of hydrogen-bond donors (Lipinski definition) is 2. The lowest BCUT2D eigenvalue weighted by atomic mass is 9.97. The Hall–Kier alpha value is -1.46. The van der Waals surface area contributed by atoms with Gasteiger partial charge in [0.1, 0.15) is 5.82 Å². The first-order valence-corrected chi connectivity index (χ1v) is 8.05. The SMILES string of the molecule is CC(C)N(CC(=O)Nc1ccc(F)cc1)CC1CCNCC1. The summed E-state index contributed by atoms with van der Waals surface area (Å²) in [6.45, 7) is 7.70. The van der Waals surface area contributed by atoms with Gasteiger partial charge in [0.15, 0.2) is 0 Å². The number of hydrogen-bond acceptors (Lipinski definition) is 3. The molecule has 0 bridgehead atoms. The second-order valence-corrected chi connectivity index (χ2v) is 6.27. The van der Waals surface area contributed by atoms with E-state index in [4.69, 9.17) is 0 Å². The van der Waals surface area contributed by atoms with Crippen molar-refractivity contribution in [3.63, 3.8) is 0 Å². The normalized spacial score (nSPS) is 16.2. The van der Waals surface area contributed by atoms with Gasteiger partial charge in [-0.3, -0.25) is 9.69 Å². The predicted octanol–water partition coefficient (Wildman–Crippen LogP) is 2.47. The van der Waals surface area contributed by atoms with Crippen molar-refractivity contribution >= 4 is 11.6 Å². The lowest BCUT2D eigenvalue weighted by Crippen LogP contribution is -2.43. The average molecular weight is 307 g/mol. The largest absolute Gasteiger partial charge is 0.325 e. The maximum Gasteiger partial charge on any atom is 0.238 e. The fourth-order valence-electron chi connectivity index (χ4n) is 2.77. The fourth-order valence-corrected chi connectivity index (χ4v) is 2.77. The van der Waals surface area contributed by atoms with Gasteiger partial charge in [0, 0.05) is 18.3 Å². The summed E-state index contributed by atoms with van der Waals surface area (Å²) in [4.78, 5) is 14.4. The van der Waals surface area contributed by atoms with Crippen LogP contribution in [0.2, 0.25) is 0 Å². The van der Waals surface area contributed by atoms with Gasteiger partial charge in [-0.25, -0.2) is 4.39 Å². The highest BCUT2D eigenvalue weighted by molar-refractivity contribution is 5.92. The summed E-state index contributed by atoms with van der Waals surface area (Å²) in [7, 11) is 0. The number of carbonyl (C=O) groups is 1. The molecule has 1 saturated heterocycles. The van der Waals surface area contributed by atoms with E-state index < -0.39 is 0 Å². The minimum absolute atomic E-state index is 0.0470. The van der Waals surface area contributed by atoms with E-state index in [2.05, 4.69) is 29.4 Å². The third kappa shape index (κ3) is 5.39. The zero-order valence-corrected chi connectivity index (χ0v) is 13.4. The van der Waals surface area contributed by atoms with E-state index in [1.54, 1.807) is 12.1 Å². The molecule has 1 fully saturated rings. The van der Waals surface area contributed by atoms with Crippen molar-refractivity contribution in [2.45, 2.75) is 32.7 Å². The second kappa shape index (κ2) is 8.25. The van der Waals surface area contributed by atoms with Crippen LogP contribution in [0, 0.1) is 11.7 Å². The molecule has 0 atom stereocenters. The Morgan fingerprint density at radius 2 is 1.95 bits per heavy atom. The Bertz CT molecular complexity index is 469. The monoisotopic (exact) mass is 307 g/mol. The Kier molecular flexibility index (Phi) is 6.34. The number of benzene rings is 1. The standard InChI is InChI=1S/C17H26FN3O/c1-13(2)21(11-14-7-9-19-10-8-14)12-17(22)20-16-5-3-15(18)4-6-16/h3-6,13-14,19H,7-12H2,1-2H3,(H,20,22). The molecule has 2 N–H and O–H groups in total. The molecular weight excluding hydrogens is 281 g/mol. The summed E-state index contributed by atoms with van der Waals surface area (Å²) < 4.78 is 12.9. The number of rotatable bonds is 6. The minimum Gasteiger partial charge on any atom is -0.325 e. The number of carbonyl (C=O) groups excluding carboxylic acids is 1. The average Bonchev–Trinajstić information content (AvgIpc) is 2.50. The predicted molar refractivity (Wildman–Crippen MR) is 87.3 cm³/mol. The third-order valence-corrected chi connectivity index (χ3v) is 4.16. The van der Waals surface area contributed by atoms with Crippen LogP contribution in [0.4, 0.5) is 10.1 Å². The van der Waals surface area contributed by atoms with Gasteiger partial charge < -0.3 is 10.6 Å². The van der Waals surface area contributed by atoms with E-state index in [0.717, 1.165) is 19.6 Å². The molecule has 5 heteroatoms. The summed E-state index contributed by atoms with van der Waals surface area (Å²) in [6.07, 6.45) is 2.34. The molecule has 1 aliphatic heterocycles. The van der Waals surface area contributed by atoms with E-state index in [9.17, 15) is 9.18 Å². The number of nitrogens with one attached hydrogen (secondary N) is 2. The number of piperidine rings is 1. The molecule has 1 aromatic carbocycles. The Morgan fingerprint density at radius 3 is 2.55 bits per heavy atom. The maximum absolute atomic E-state index is 12.9. The number of anilines is 1. The van der Waals surface area contributed by atoms with Crippen molar-refractivity contribution in [2.75, 3.05) is 31.5 Å². The van der Waals surface area contributed by atoms with E-state index >= 15 is 0 Å². The Balaban J connectivity index is 1.86. The van der Waals surface area contributed by atoms with E-state index in [1.807, 2.05) is 0 Å². The first kappa shape index (κ1) is 16.9. The van der Waals surface area contributed by atoms with Crippen molar-refractivity contribution < 1.29 is 9.18 Å². The molecule has 1 aliphatic rings. The molecule has 1 amide bonds. The summed E-state index contributed by atoms with van der Waals surface area (Å²) in [5, 5.41) is 6.20. The zero-order chi connectivity index (χ0) is 15.9. The minimum atomic E-state index is -0.298.